The molecular formula is C9H11F3N2O2. The normalized spacial score (nSPS) is 18.8. The Kier molecular flexibility index (Phi) is 3.43. The van der Waals surface area contributed by atoms with Crippen molar-refractivity contribution < 1.29 is 22.7 Å². The van der Waals surface area contributed by atoms with Crippen LogP contribution in [0.3, 0.4) is 0 Å². The standard InChI is InChI=1S/C9H11F3N2O2/c1-2-16-8(9(10,11)12)5-14(6-8)7(15)3-4-13/h2-3,5-6H2,1H3. The fraction of sp³-hybridized carbons (Fsp3) is 0.778. The van der Waals surface area contributed by atoms with Crippen LogP contribution in [0.5, 0.6) is 0 Å². The molecule has 1 amide bonds. The van der Waals surface area contributed by atoms with E-state index >= 15 is 0 Å². The van der Waals surface area contributed by atoms with E-state index in [9.17, 15) is 18.0 Å². The number of hydrogen-bond acceptors (Lipinski definition) is 3. The van der Waals surface area contributed by atoms with Gasteiger partial charge in [-0.25, -0.2) is 0 Å². The Balaban J connectivity index is 2.64. The summed E-state index contributed by atoms with van der Waals surface area (Å²) in [6, 6.07) is 1.60. The number of carbonyl (C=O) groups is 1. The monoisotopic (exact) mass is 236 g/mol. The van der Waals surface area contributed by atoms with Gasteiger partial charge in [0, 0.05) is 6.61 Å². The molecule has 0 bridgehead atoms. The average molecular weight is 236 g/mol. The molecule has 0 atom stereocenters. The maximum atomic E-state index is 12.6. The third-order valence-corrected chi connectivity index (χ3v) is 2.41. The van der Waals surface area contributed by atoms with Crippen molar-refractivity contribution in [1.29, 1.82) is 5.26 Å². The first-order valence-electron chi connectivity index (χ1n) is 4.71. The second-order valence-corrected chi connectivity index (χ2v) is 3.51. The molecule has 90 valence electrons. The van der Waals surface area contributed by atoms with Gasteiger partial charge in [0.2, 0.25) is 5.91 Å². The lowest BCUT2D eigenvalue weighted by atomic mass is 9.92. The SMILES string of the molecule is CCOC1(C(F)(F)F)CN(C(=O)CC#N)C1. The smallest absolute Gasteiger partial charge is 0.362 e. The number of nitrogens with zero attached hydrogens (tertiary/aromatic N) is 2. The van der Waals surface area contributed by atoms with E-state index in [0.29, 0.717) is 0 Å². The Morgan fingerprint density at radius 2 is 2.12 bits per heavy atom. The van der Waals surface area contributed by atoms with Crippen LogP contribution in [0.25, 0.3) is 0 Å². The molecule has 7 heteroatoms. The highest BCUT2D eigenvalue weighted by molar-refractivity contribution is 5.79. The molecule has 0 spiro atoms. The van der Waals surface area contributed by atoms with Gasteiger partial charge in [0.15, 0.2) is 5.60 Å². The first kappa shape index (κ1) is 12.8. The minimum absolute atomic E-state index is 0.0697. The van der Waals surface area contributed by atoms with E-state index in [2.05, 4.69) is 4.74 Å². The van der Waals surface area contributed by atoms with Crippen molar-refractivity contribution in [2.45, 2.75) is 25.1 Å². The minimum atomic E-state index is -4.49. The third kappa shape index (κ3) is 2.11. The number of halogens is 3. The Morgan fingerprint density at radius 3 is 2.50 bits per heavy atom. The average Bonchev–Trinajstić information content (AvgIpc) is 2.08. The van der Waals surface area contributed by atoms with E-state index in [4.69, 9.17) is 5.26 Å². The van der Waals surface area contributed by atoms with Crippen molar-refractivity contribution in [3.05, 3.63) is 0 Å². The maximum absolute atomic E-state index is 12.6. The Morgan fingerprint density at radius 1 is 1.56 bits per heavy atom. The molecule has 0 unspecified atom stereocenters. The molecular weight excluding hydrogens is 225 g/mol. The van der Waals surface area contributed by atoms with Crippen LogP contribution in [-0.4, -0.2) is 42.3 Å². The summed E-state index contributed by atoms with van der Waals surface area (Å²) in [7, 11) is 0. The van der Waals surface area contributed by atoms with Crippen LogP contribution in [0.4, 0.5) is 13.2 Å². The Hall–Kier alpha value is -1.29. The molecule has 0 aromatic rings. The van der Waals surface area contributed by atoms with Gasteiger partial charge in [0.05, 0.1) is 19.2 Å². The molecule has 4 nitrogen and oxygen atoms in total. The van der Waals surface area contributed by atoms with Gasteiger partial charge in [-0.05, 0) is 6.92 Å². The predicted octanol–water partition coefficient (Wildman–Crippen LogP) is 1.08. The van der Waals surface area contributed by atoms with Gasteiger partial charge in [-0.1, -0.05) is 0 Å². The summed E-state index contributed by atoms with van der Waals surface area (Å²) in [6.07, 6.45) is -4.90. The molecule has 1 aliphatic heterocycles. The van der Waals surface area contributed by atoms with Crippen LogP contribution in [0, 0.1) is 11.3 Å². The minimum Gasteiger partial charge on any atom is -0.362 e. The van der Waals surface area contributed by atoms with Crippen LogP contribution in [0.1, 0.15) is 13.3 Å². The number of alkyl halides is 3. The van der Waals surface area contributed by atoms with Crippen molar-refractivity contribution in [2.75, 3.05) is 19.7 Å². The number of nitriles is 1. The summed E-state index contributed by atoms with van der Waals surface area (Å²) in [5.41, 5.74) is -2.24. The maximum Gasteiger partial charge on any atom is 0.420 e. The molecule has 16 heavy (non-hydrogen) atoms. The van der Waals surface area contributed by atoms with Crippen molar-refractivity contribution in [3.8, 4) is 6.07 Å². The van der Waals surface area contributed by atoms with Gasteiger partial charge in [-0.3, -0.25) is 4.79 Å². The zero-order valence-corrected chi connectivity index (χ0v) is 8.67. The third-order valence-electron chi connectivity index (χ3n) is 2.41. The van der Waals surface area contributed by atoms with Gasteiger partial charge in [-0.2, -0.15) is 18.4 Å². The molecule has 0 aliphatic carbocycles. The van der Waals surface area contributed by atoms with Crippen LogP contribution in [-0.2, 0) is 9.53 Å². The first-order valence-corrected chi connectivity index (χ1v) is 4.71. The zero-order valence-electron chi connectivity index (χ0n) is 8.67. The summed E-state index contributed by atoms with van der Waals surface area (Å²) < 4.78 is 42.6. The number of carbonyl (C=O) groups excluding carboxylic acids is 1. The molecule has 0 N–H and O–H groups in total. The van der Waals surface area contributed by atoms with E-state index in [1.54, 1.807) is 6.07 Å². The van der Waals surface area contributed by atoms with Crippen molar-refractivity contribution >= 4 is 5.91 Å². The molecule has 0 radical (unpaired) electrons. The highest BCUT2D eigenvalue weighted by Crippen LogP contribution is 2.41. The van der Waals surface area contributed by atoms with Crippen molar-refractivity contribution in [3.63, 3.8) is 0 Å². The molecule has 0 saturated carbocycles. The quantitative estimate of drug-likeness (QED) is 0.736. The molecule has 0 aromatic carbocycles. The summed E-state index contributed by atoms with van der Waals surface area (Å²) >= 11 is 0. The number of rotatable bonds is 3. The zero-order chi connectivity index (χ0) is 12.4. The molecule has 1 saturated heterocycles. The first-order chi connectivity index (χ1) is 7.36. The van der Waals surface area contributed by atoms with E-state index in [0.717, 1.165) is 4.90 Å². The van der Waals surface area contributed by atoms with Gasteiger partial charge in [0.25, 0.3) is 0 Å². The summed E-state index contributed by atoms with van der Waals surface area (Å²) in [5, 5.41) is 8.25. The van der Waals surface area contributed by atoms with Gasteiger partial charge >= 0.3 is 6.18 Å². The van der Waals surface area contributed by atoms with Crippen molar-refractivity contribution in [1.82, 2.24) is 4.90 Å². The number of likely N-dealkylation sites (tertiary alicyclic amines) is 1. The topological polar surface area (TPSA) is 53.3 Å². The van der Waals surface area contributed by atoms with Crippen LogP contribution >= 0.6 is 0 Å². The molecule has 0 aromatic heterocycles. The second kappa shape index (κ2) is 4.29. The van der Waals surface area contributed by atoms with Crippen molar-refractivity contribution in [2.24, 2.45) is 0 Å². The lowest BCUT2D eigenvalue weighted by molar-refractivity contribution is -0.313. The van der Waals surface area contributed by atoms with E-state index in [1.165, 1.54) is 6.92 Å². The second-order valence-electron chi connectivity index (χ2n) is 3.51. The van der Waals surface area contributed by atoms with E-state index in [1.807, 2.05) is 0 Å². The highest BCUT2D eigenvalue weighted by atomic mass is 19.4. The molecule has 1 fully saturated rings. The summed E-state index contributed by atoms with van der Waals surface area (Å²) in [6.45, 7) is 0.350. The van der Waals surface area contributed by atoms with Gasteiger partial charge in [-0.15, -0.1) is 0 Å². The van der Waals surface area contributed by atoms with E-state index < -0.39 is 37.2 Å². The number of amides is 1. The lowest BCUT2D eigenvalue weighted by Gasteiger charge is -2.49. The summed E-state index contributed by atoms with van der Waals surface area (Å²) in [4.78, 5) is 12.1. The van der Waals surface area contributed by atoms with Crippen LogP contribution in [0.15, 0.2) is 0 Å². The predicted molar refractivity (Wildman–Crippen MR) is 47.2 cm³/mol. The fourth-order valence-electron chi connectivity index (χ4n) is 1.55. The number of hydrogen-bond donors (Lipinski definition) is 0. The lowest BCUT2D eigenvalue weighted by Crippen LogP contribution is -2.71. The van der Waals surface area contributed by atoms with E-state index in [-0.39, 0.29) is 6.61 Å². The largest absolute Gasteiger partial charge is 0.420 e. The Labute approximate surface area is 90.6 Å². The molecule has 1 rings (SSSR count). The highest BCUT2D eigenvalue weighted by Gasteiger charge is 2.63. The summed E-state index contributed by atoms with van der Waals surface area (Å²) in [5.74, 6) is -0.595. The van der Waals surface area contributed by atoms with Gasteiger partial charge < -0.3 is 9.64 Å². The number of ether oxygens (including phenoxy) is 1. The van der Waals surface area contributed by atoms with Gasteiger partial charge in [0.1, 0.15) is 6.42 Å². The van der Waals surface area contributed by atoms with Crippen LogP contribution in [0.2, 0.25) is 0 Å². The molecule has 1 heterocycles. The Bertz CT molecular complexity index is 316. The fourth-order valence-corrected chi connectivity index (χ4v) is 1.55. The van der Waals surface area contributed by atoms with Crippen LogP contribution < -0.4 is 0 Å². The molecule has 1 aliphatic rings.